The number of likely N-dealkylation sites (N-methyl/N-ethyl adjacent to an activating group) is 1. The molecule has 3 unspecified atom stereocenters. The van der Waals surface area contributed by atoms with Gasteiger partial charge in [-0.15, -0.1) is 0 Å². The first-order chi connectivity index (χ1) is 18.4. The zero-order chi connectivity index (χ0) is 28.7. The summed E-state index contributed by atoms with van der Waals surface area (Å²) < 4.78 is 14.5. The number of H-pyrrole nitrogens is 1. The summed E-state index contributed by atoms with van der Waals surface area (Å²) >= 11 is 5.60. The lowest BCUT2D eigenvalue weighted by atomic mass is 9.98. The number of aromatic amines is 1. The number of nitrogens with one attached hydrogen (secondary N) is 2. The largest absolute Gasteiger partial charge is 0.335 e. The molecule has 39 heavy (non-hydrogen) atoms. The second kappa shape index (κ2) is 12.7. The summed E-state index contributed by atoms with van der Waals surface area (Å²) in [5, 5.41) is 13.3. The van der Waals surface area contributed by atoms with Crippen LogP contribution < -0.4 is 5.32 Å². The predicted molar refractivity (Wildman–Crippen MR) is 148 cm³/mol. The van der Waals surface area contributed by atoms with Crippen molar-refractivity contribution in [2.45, 2.75) is 51.4 Å². The maximum atomic E-state index is 14.5. The number of halogens is 2. The van der Waals surface area contributed by atoms with Crippen LogP contribution in [0.2, 0.25) is 5.02 Å². The monoisotopic (exact) mass is 554 g/mol. The average Bonchev–Trinajstić information content (AvgIpc) is 3.50. The van der Waals surface area contributed by atoms with Gasteiger partial charge < -0.3 is 20.1 Å². The summed E-state index contributed by atoms with van der Waals surface area (Å²) in [4.78, 5) is 46.2. The third-order valence-corrected chi connectivity index (χ3v) is 6.64. The zero-order valence-electron chi connectivity index (χ0n) is 22.3. The Labute approximate surface area is 231 Å². The molecule has 0 aliphatic carbocycles. The van der Waals surface area contributed by atoms with Crippen molar-refractivity contribution in [3.8, 4) is 6.07 Å². The molecule has 1 aromatic carbocycles. The van der Waals surface area contributed by atoms with Gasteiger partial charge in [-0.25, -0.2) is 9.37 Å². The van der Waals surface area contributed by atoms with Crippen LogP contribution in [0.3, 0.4) is 0 Å². The number of hydrogen-bond acceptors (Lipinski definition) is 5. The fourth-order valence-corrected chi connectivity index (χ4v) is 4.60. The molecule has 2 N–H and O–H groups in total. The second-order valence-corrected chi connectivity index (χ2v) is 10.7. The molecule has 3 heterocycles. The molecule has 1 saturated heterocycles. The van der Waals surface area contributed by atoms with Crippen molar-refractivity contribution >= 4 is 46.5 Å². The number of carbonyl (C=O) groups is 3. The van der Waals surface area contributed by atoms with Gasteiger partial charge in [0.1, 0.15) is 29.1 Å². The van der Waals surface area contributed by atoms with Crippen molar-refractivity contribution in [1.82, 2.24) is 19.8 Å². The smallest absolute Gasteiger partial charge is 0.270 e. The molecule has 0 saturated carbocycles. The van der Waals surface area contributed by atoms with E-state index in [0.29, 0.717) is 30.0 Å². The van der Waals surface area contributed by atoms with E-state index in [1.807, 2.05) is 13.0 Å². The van der Waals surface area contributed by atoms with E-state index in [0.717, 1.165) is 11.1 Å². The molecule has 206 valence electrons. The first-order valence-electron chi connectivity index (χ1n) is 12.5. The molecule has 11 heteroatoms. The molecule has 1 aliphatic heterocycles. The molecule has 0 spiro atoms. The van der Waals surface area contributed by atoms with Crippen LogP contribution in [0.1, 0.15) is 44.1 Å². The minimum atomic E-state index is -1.66. The Bertz CT molecular complexity index is 1310. The van der Waals surface area contributed by atoms with Crippen LogP contribution in [0.5, 0.6) is 0 Å². The highest BCUT2D eigenvalue weighted by molar-refractivity contribution is 6.30. The molecule has 0 radical (unpaired) electrons. The van der Waals surface area contributed by atoms with Crippen LogP contribution in [0.4, 0.5) is 10.1 Å². The quantitative estimate of drug-likeness (QED) is 0.406. The SMILES string of the molecule is CC1CC(C#N)N(C(=O)C(CC(C)(C)F)N(C)C(=O)c2cc3cccnc3[nH]2)C1.O=CNc1ccc(Cl)cc1. The van der Waals surface area contributed by atoms with E-state index in [-0.39, 0.29) is 18.0 Å². The van der Waals surface area contributed by atoms with Crippen LogP contribution in [0, 0.1) is 17.2 Å². The molecule has 4 rings (SSSR count). The number of hydrogen-bond donors (Lipinski definition) is 2. The normalized spacial score (nSPS) is 17.5. The highest BCUT2D eigenvalue weighted by Gasteiger charge is 2.41. The highest BCUT2D eigenvalue weighted by Crippen LogP contribution is 2.28. The molecule has 0 bridgehead atoms. The molecule has 1 aliphatic rings. The van der Waals surface area contributed by atoms with Gasteiger partial charge in [0, 0.05) is 42.3 Å². The van der Waals surface area contributed by atoms with E-state index in [2.05, 4.69) is 21.4 Å². The number of amides is 3. The number of benzene rings is 1. The van der Waals surface area contributed by atoms with Gasteiger partial charge in [-0.2, -0.15) is 5.26 Å². The first-order valence-corrected chi connectivity index (χ1v) is 12.9. The Kier molecular flexibility index (Phi) is 9.65. The first kappa shape index (κ1) is 29.6. The van der Waals surface area contributed by atoms with Gasteiger partial charge in [-0.05, 0) is 68.7 Å². The zero-order valence-corrected chi connectivity index (χ0v) is 23.1. The summed E-state index contributed by atoms with van der Waals surface area (Å²) in [6.07, 6.45) is 2.67. The van der Waals surface area contributed by atoms with Gasteiger partial charge in [-0.3, -0.25) is 14.4 Å². The highest BCUT2D eigenvalue weighted by atomic mass is 35.5. The number of nitriles is 1. The van der Waals surface area contributed by atoms with E-state index in [1.54, 1.807) is 42.6 Å². The van der Waals surface area contributed by atoms with E-state index in [4.69, 9.17) is 11.6 Å². The molecular formula is C28H32ClFN6O3. The van der Waals surface area contributed by atoms with Crippen molar-refractivity contribution in [1.29, 1.82) is 5.26 Å². The van der Waals surface area contributed by atoms with Crippen LogP contribution >= 0.6 is 11.6 Å². The molecule has 2 aromatic heterocycles. The number of nitrogens with zero attached hydrogens (tertiary/aromatic N) is 4. The summed E-state index contributed by atoms with van der Waals surface area (Å²) in [6.45, 7) is 5.16. The van der Waals surface area contributed by atoms with Crippen LogP contribution in [-0.4, -0.2) is 69.3 Å². The number of rotatable bonds is 7. The van der Waals surface area contributed by atoms with E-state index >= 15 is 0 Å². The summed E-state index contributed by atoms with van der Waals surface area (Å²) in [7, 11) is 1.50. The lowest BCUT2D eigenvalue weighted by Gasteiger charge is -2.34. The van der Waals surface area contributed by atoms with Crippen molar-refractivity contribution in [2.75, 3.05) is 18.9 Å². The number of carbonyl (C=O) groups excluding carboxylic acids is 3. The van der Waals surface area contributed by atoms with E-state index < -0.39 is 29.6 Å². The van der Waals surface area contributed by atoms with Crippen LogP contribution in [-0.2, 0) is 9.59 Å². The van der Waals surface area contributed by atoms with Gasteiger partial charge in [-0.1, -0.05) is 18.5 Å². The standard InChI is InChI=1S/C21H26FN5O2.C7H6ClNO/c1-13-8-15(11-23)27(12-13)20(29)17(10-21(2,3)22)26(4)19(28)16-9-14-6-5-7-24-18(14)25-16;8-6-1-3-7(4-2-6)9-5-10/h5-7,9,13,15,17H,8,10,12H2,1-4H3,(H,24,25);1-5H,(H,9,10). The number of fused-ring (bicyclic) bond motifs is 1. The van der Waals surface area contributed by atoms with Gasteiger partial charge in [0.05, 0.1) is 6.07 Å². The Morgan fingerprint density at radius 2 is 2.05 bits per heavy atom. The van der Waals surface area contributed by atoms with Gasteiger partial charge in [0.25, 0.3) is 5.91 Å². The second-order valence-electron chi connectivity index (χ2n) is 10.2. The summed E-state index contributed by atoms with van der Waals surface area (Å²) in [5.74, 6) is -0.633. The summed E-state index contributed by atoms with van der Waals surface area (Å²) in [6, 6.07) is 12.7. The molecule has 3 atom stereocenters. The lowest BCUT2D eigenvalue weighted by Crippen LogP contribution is -2.52. The Morgan fingerprint density at radius 3 is 2.64 bits per heavy atom. The third kappa shape index (κ3) is 7.77. The number of anilines is 1. The predicted octanol–water partition coefficient (Wildman–Crippen LogP) is 4.81. The fraction of sp³-hybridized carbons (Fsp3) is 0.393. The number of pyridine rings is 1. The Morgan fingerprint density at radius 1 is 1.36 bits per heavy atom. The number of likely N-dealkylation sites (tertiary alicyclic amines) is 1. The third-order valence-electron chi connectivity index (χ3n) is 6.39. The van der Waals surface area contributed by atoms with Gasteiger partial charge in [0.2, 0.25) is 12.3 Å². The van der Waals surface area contributed by atoms with Crippen molar-refractivity contribution < 1.29 is 18.8 Å². The Balaban J connectivity index is 0.000000353. The Hall–Kier alpha value is -3.97. The van der Waals surface area contributed by atoms with E-state index in [9.17, 15) is 24.0 Å². The van der Waals surface area contributed by atoms with Crippen molar-refractivity contribution in [2.24, 2.45) is 5.92 Å². The number of aromatic nitrogens is 2. The number of alkyl halides is 1. The summed E-state index contributed by atoms with van der Waals surface area (Å²) in [5.41, 5.74) is -0.0674. The van der Waals surface area contributed by atoms with Crippen molar-refractivity contribution in [3.05, 3.63) is 59.4 Å². The fourth-order valence-electron chi connectivity index (χ4n) is 4.47. The molecule has 3 amide bonds. The minimum Gasteiger partial charge on any atom is -0.335 e. The van der Waals surface area contributed by atoms with Crippen LogP contribution in [0.25, 0.3) is 11.0 Å². The van der Waals surface area contributed by atoms with Crippen LogP contribution in [0.15, 0.2) is 48.7 Å². The molecular weight excluding hydrogens is 523 g/mol. The maximum Gasteiger partial charge on any atom is 0.270 e. The van der Waals surface area contributed by atoms with Gasteiger partial charge >= 0.3 is 0 Å². The lowest BCUT2D eigenvalue weighted by molar-refractivity contribution is -0.137. The minimum absolute atomic E-state index is 0.157. The van der Waals surface area contributed by atoms with E-state index in [1.165, 1.54) is 30.7 Å². The topological polar surface area (TPSA) is 122 Å². The van der Waals surface area contributed by atoms with Crippen molar-refractivity contribution in [3.63, 3.8) is 0 Å². The van der Waals surface area contributed by atoms with Gasteiger partial charge in [0.15, 0.2) is 0 Å². The molecule has 1 fully saturated rings. The molecule has 9 nitrogen and oxygen atoms in total. The maximum absolute atomic E-state index is 14.5. The average molecular weight is 555 g/mol. The molecule has 3 aromatic rings.